The average molecular weight is 148 g/mol. The molecule has 0 aliphatic heterocycles. The lowest BCUT2D eigenvalue weighted by Crippen LogP contribution is -2.19. The van der Waals surface area contributed by atoms with Gasteiger partial charge in [0.15, 0.2) is 0 Å². The first-order chi connectivity index (χ1) is 5.37. The zero-order chi connectivity index (χ0) is 7.36. The Morgan fingerprint density at radius 3 is 1.73 bits per heavy atom. The van der Waals surface area contributed by atoms with Crippen molar-refractivity contribution in [1.82, 2.24) is 0 Å². The normalized spacial score (nSPS) is 53.1. The maximum Gasteiger partial charge on any atom is -0.00182 e. The Morgan fingerprint density at radius 2 is 1.27 bits per heavy atom. The molecule has 0 bridgehead atoms. The second kappa shape index (κ2) is 1.73. The number of allylic oxidation sites excluding steroid dienone is 2. The van der Waals surface area contributed by atoms with Gasteiger partial charge in [-0.15, -0.1) is 0 Å². The maximum absolute atomic E-state index is 2.50. The Kier molecular flexibility index (Phi) is 0.987. The zero-order valence-electron chi connectivity index (χ0n) is 7.10. The van der Waals surface area contributed by atoms with Crippen LogP contribution in [0.4, 0.5) is 0 Å². The second-order valence-electron chi connectivity index (χ2n) is 4.74. The van der Waals surface area contributed by atoms with E-state index in [1.165, 1.54) is 44.9 Å². The first-order valence-corrected chi connectivity index (χ1v) is 5.07. The van der Waals surface area contributed by atoms with Gasteiger partial charge in [0, 0.05) is 0 Å². The van der Waals surface area contributed by atoms with E-state index in [1.54, 1.807) is 0 Å². The molecule has 11 heavy (non-hydrogen) atoms. The van der Waals surface area contributed by atoms with Crippen molar-refractivity contribution in [3.05, 3.63) is 12.2 Å². The van der Waals surface area contributed by atoms with E-state index in [0.717, 1.165) is 10.8 Å². The third-order valence-corrected chi connectivity index (χ3v) is 4.21. The van der Waals surface area contributed by atoms with Gasteiger partial charge in [0.25, 0.3) is 0 Å². The molecule has 0 N–H and O–H groups in total. The Labute approximate surface area is 68.7 Å². The van der Waals surface area contributed by atoms with Crippen LogP contribution in [0.2, 0.25) is 0 Å². The minimum absolute atomic E-state index is 0.757. The van der Waals surface area contributed by atoms with Gasteiger partial charge in [0.2, 0.25) is 0 Å². The highest BCUT2D eigenvalue weighted by molar-refractivity contribution is 5.39. The minimum Gasteiger partial charge on any atom is -0.0808 e. The first kappa shape index (κ1) is 6.28. The van der Waals surface area contributed by atoms with Crippen LogP contribution < -0.4 is 0 Å². The van der Waals surface area contributed by atoms with E-state index in [0.29, 0.717) is 0 Å². The molecule has 0 amide bonds. The van der Waals surface area contributed by atoms with Crippen molar-refractivity contribution in [2.24, 2.45) is 10.8 Å². The van der Waals surface area contributed by atoms with Crippen LogP contribution in [0.3, 0.4) is 0 Å². The molecule has 60 valence electrons. The van der Waals surface area contributed by atoms with Gasteiger partial charge in [-0.05, 0) is 30.1 Å². The van der Waals surface area contributed by atoms with Crippen LogP contribution in [-0.2, 0) is 0 Å². The molecule has 0 nitrogen and oxygen atoms in total. The Bertz CT molecular complexity index is 194. The molecule has 3 rings (SSSR count). The van der Waals surface area contributed by atoms with Crippen LogP contribution in [-0.4, -0.2) is 0 Å². The van der Waals surface area contributed by atoms with Crippen molar-refractivity contribution in [3.8, 4) is 0 Å². The van der Waals surface area contributed by atoms with Crippen LogP contribution in [0.1, 0.15) is 44.9 Å². The van der Waals surface area contributed by atoms with Gasteiger partial charge in [-0.1, -0.05) is 37.8 Å². The monoisotopic (exact) mass is 148 g/mol. The summed E-state index contributed by atoms with van der Waals surface area (Å²) in [6.45, 7) is 0. The van der Waals surface area contributed by atoms with Crippen molar-refractivity contribution in [2.75, 3.05) is 0 Å². The Hall–Kier alpha value is -0.260. The molecular formula is C11H16. The van der Waals surface area contributed by atoms with Gasteiger partial charge in [0.05, 0.1) is 0 Å². The second-order valence-corrected chi connectivity index (χ2v) is 4.74. The molecule has 0 saturated heterocycles. The van der Waals surface area contributed by atoms with E-state index < -0.39 is 0 Å². The van der Waals surface area contributed by atoms with Gasteiger partial charge in [0.1, 0.15) is 0 Å². The highest BCUT2D eigenvalue weighted by Crippen LogP contribution is 2.77. The number of rotatable bonds is 0. The number of hydrogen-bond acceptors (Lipinski definition) is 0. The van der Waals surface area contributed by atoms with Gasteiger partial charge in [-0.2, -0.15) is 0 Å². The molecule has 0 heterocycles. The van der Waals surface area contributed by atoms with Gasteiger partial charge in [-0.25, -0.2) is 0 Å². The molecule has 2 unspecified atom stereocenters. The molecule has 0 aromatic carbocycles. The van der Waals surface area contributed by atoms with E-state index in [4.69, 9.17) is 0 Å². The Morgan fingerprint density at radius 1 is 0.727 bits per heavy atom. The molecule has 0 heteroatoms. The standard InChI is InChI=1S/C11H16/c1-2-4-6-11-8-7-10(11,9-11)5-3-1/h7-8H,1-6,9H2. The quantitative estimate of drug-likeness (QED) is 0.462. The Balaban J connectivity index is 1.83. The maximum atomic E-state index is 2.50. The third kappa shape index (κ3) is 0.617. The highest BCUT2D eigenvalue weighted by atomic mass is 14.7. The SMILES string of the molecule is C1=CC23CCCCCCC12C3. The predicted molar refractivity (Wildman–Crippen MR) is 46.3 cm³/mol. The molecule has 0 radical (unpaired) electrons. The van der Waals surface area contributed by atoms with Crippen LogP contribution >= 0.6 is 0 Å². The lowest BCUT2D eigenvalue weighted by atomic mass is 9.74. The fourth-order valence-corrected chi connectivity index (χ4v) is 3.27. The molecular weight excluding hydrogens is 132 g/mol. The van der Waals surface area contributed by atoms with Crippen molar-refractivity contribution in [3.63, 3.8) is 0 Å². The molecule has 0 aromatic rings. The van der Waals surface area contributed by atoms with Crippen molar-refractivity contribution >= 4 is 0 Å². The summed E-state index contributed by atoms with van der Waals surface area (Å²) in [5, 5.41) is 0. The summed E-state index contributed by atoms with van der Waals surface area (Å²) in [6.07, 6.45) is 15.5. The van der Waals surface area contributed by atoms with Crippen molar-refractivity contribution < 1.29 is 0 Å². The summed E-state index contributed by atoms with van der Waals surface area (Å²) in [5.41, 5.74) is 1.51. The van der Waals surface area contributed by atoms with E-state index >= 15 is 0 Å². The molecule has 2 saturated carbocycles. The van der Waals surface area contributed by atoms with Crippen LogP contribution in [0.15, 0.2) is 12.2 Å². The summed E-state index contributed by atoms with van der Waals surface area (Å²) in [7, 11) is 0. The lowest BCUT2D eigenvalue weighted by molar-refractivity contribution is 0.328. The predicted octanol–water partition coefficient (Wildman–Crippen LogP) is 3.29. The average Bonchev–Trinajstić information content (AvgIpc) is 2.43. The molecule has 0 aromatic heterocycles. The van der Waals surface area contributed by atoms with E-state index in [9.17, 15) is 0 Å². The fraction of sp³-hybridized carbons (Fsp3) is 0.818. The molecule has 2 atom stereocenters. The molecule has 2 fully saturated rings. The van der Waals surface area contributed by atoms with Crippen molar-refractivity contribution in [2.45, 2.75) is 44.9 Å². The third-order valence-electron chi connectivity index (χ3n) is 4.21. The molecule has 3 aliphatic carbocycles. The summed E-state index contributed by atoms with van der Waals surface area (Å²) in [5.74, 6) is 0. The largest absolute Gasteiger partial charge is 0.0808 e. The number of hydrogen-bond donors (Lipinski definition) is 0. The van der Waals surface area contributed by atoms with Crippen LogP contribution in [0, 0.1) is 10.8 Å². The van der Waals surface area contributed by atoms with Gasteiger partial charge < -0.3 is 0 Å². The summed E-state index contributed by atoms with van der Waals surface area (Å²) in [4.78, 5) is 0. The van der Waals surface area contributed by atoms with E-state index in [2.05, 4.69) is 12.2 Å². The van der Waals surface area contributed by atoms with Crippen LogP contribution in [0.5, 0.6) is 0 Å². The lowest BCUT2D eigenvalue weighted by Gasteiger charge is -2.30. The topological polar surface area (TPSA) is 0 Å². The molecule has 0 spiro atoms. The zero-order valence-corrected chi connectivity index (χ0v) is 7.10. The van der Waals surface area contributed by atoms with Gasteiger partial charge >= 0.3 is 0 Å². The highest BCUT2D eigenvalue weighted by Gasteiger charge is 2.68. The smallest absolute Gasteiger partial charge is 0.00182 e. The van der Waals surface area contributed by atoms with E-state index in [1.807, 2.05) is 0 Å². The minimum atomic E-state index is 0.757. The molecule has 3 aliphatic rings. The summed E-state index contributed by atoms with van der Waals surface area (Å²) < 4.78 is 0. The summed E-state index contributed by atoms with van der Waals surface area (Å²) >= 11 is 0. The van der Waals surface area contributed by atoms with E-state index in [-0.39, 0.29) is 0 Å². The fourth-order valence-electron chi connectivity index (χ4n) is 3.27. The summed E-state index contributed by atoms with van der Waals surface area (Å²) in [6, 6.07) is 0. The van der Waals surface area contributed by atoms with Crippen LogP contribution in [0.25, 0.3) is 0 Å². The van der Waals surface area contributed by atoms with Crippen molar-refractivity contribution in [1.29, 1.82) is 0 Å². The first-order valence-electron chi connectivity index (χ1n) is 5.07. The van der Waals surface area contributed by atoms with Gasteiger partial charge in [-0.3, -0.25) is 0 Å².